The van der Waals surface area contributed by atoms with Crippen LogP contribution < -0.4 is 5.32 Å². The predicted octanol–water partition coefficient (Wildman–Crippen LogP) is 2.99. The number of thiazole rings is 1. The standard InChI is InChI=1S/C14H15FN2OS/c1-14(2,10-5-3-4-6-11(10)15)9-17-12(18)13-16-7-8-19-13/h3-8H,9H2,1-2H3,(H,17,18). The summed E-state index contributed by atoms with van der Waals surface area (Å²) in [6, 6.07) is 6.62. The van der Waals surface area contributed by atoms with Gasteiger partial charge in [-0.05, 0) is 11.6 Å². The Kier molecular flexibility index (Phi) is 3.95. The zero-order valence-electron chi connectivity index (χ0n) is 10.8. The minimum Gasteiger partial charge on any atom is -0.349 e. The lowest BCUT2D eigenvalue weighted by Crippen LogP contribution is -2.37. The minimum absolute atomic E-state index is 0.223. The second-order valence-corrected chi connectivity index (χ2v) is 5.78. The summed E-state index contributed by atoms with van der Waals surface area (Å²) >= 11 is 1.28. The van der Waals surface area contributed by atoms with Crippen LogP contribution in [0, 0.1) is 5.82 Å². The van der Waals surface area contributed by atoms with Gasteiger partial charge >= 0.3 is 0 Å². The maximum atomic E-state index is 13.8. The molecule has 19 heavy (non-hydrogen) atoms. The number of nitrogens with one attached hydrogen (secondary N) is 1. The maximum Gasteiger partial charge on any atom is 0.280 e. The largest absolute Gasteiger partial charge is 0.349 e. The summed E-state index contributed by atoms with van der Waals surface area (Å²) in [5, 5.41) is 4.96. The third-order valence-corrected chi connectivity index (χ3v) is 3.69. The van der Waals surface area contributed by atoms with Crippen molar-refractivity contribution in [3.05, 3.63) is 52.2 Å². The highest BCUT2D eigenvalue weighted by Gasteiger charge is 2.25. The van der Waals surface area contributed by atoms with Gasteiger partial charge in [0.05, 0.1) is 0 Å². The number of hydrogen-bond acceptors (Lipinski definition) is 3. The highest BCUT2D eigenvalue weighted by Crippen LogP contribution is 2.24. The molecule has 0 aliphatic rings. The monoisotopic (exact) mass is 278 g/mol. The van der Waals surface area contributed by atoms with Gasteiger partial charge in [-0.2, -0.15) is 0 Å². The van der Waals surface area contributed by atoms with E-state index in [4.69, 9.17) is 0 Å². The molecule has 3 nitrogen and oxygen atoms in total. The molecule has 0 saturated carbocycles. The number of nitrogens with zero attached hydrogens (tertiary/aromatic N) is 1. The van der Waals surface area contributed by atoms with Crippen molar-refractivity contribution >= 4 is 17.2 Å². The maximum absolute atomic E-state index is 13.8. The van der Waals surface area contributed by atoms with Gasteiger partial charge in [0.25, 0.3) is 5.91 Å². The quantitative estimate of drug-likeness (QED) is 0.934. The number of halogens is 1. The molecule has 5 heteroatoms. The van der Waals surface area contributed by atoms with Crippen molar-refractivity contribution in [3.63, 3.8) is 0 Å². The van der Waals surface area contributed by atoms with E-state index in [2.05, 4.69) is 10.3 Å². The number of benzene rings is 1. The Labute approximate surface area is 115 Å². The summed E-state index contributed by atoms with van der Waals surface area (Å²) in [5.41, 5.74) is 0.118. The molecule has 0 fully saturated rings. The molecule has 0 unspecified atom stereocenters. The average Bonchev–Trinajstić information content (AvgIpc) is 2.90. The number of carbonyl (C=O) groups excluding carboxylic acids is 1. The topological polar surface area (TPSA) is 42.0 Å². The smallest absolute Gasteiger partial charge is 0.280 e. The van der Waals surface area contributed by atoms with Crippen LogP contribution in [0.3, 0.4) is 0 Å². The van der Waals surface area contributed by atoms with Crippen LogP contribution in [0.2, 0.25) is 0 Å². The van der Waals surface area contributed by atoms with Crippen molar-refractivity contribution in [2.75, 3.05) is 6.54 Å². The molecule has 1 amide bonds. The molecule has 1 heterocycles. The van der Waals surface area contributed by atoms with Gasteiger partial charge in [-0.3, -0.25) is 4.79 Å². The molecule has 100 valence electrons. The van der Waals surface area contributed by atoms with Crippen LogP contribution in [0.15, 0.2) is 35.8 Å². The van der Waals surface area contributed by atoms with Gasteiger partial charge in [0.2, 0.25) is 0 Å². The van der Waals surface area contributed by atoms with E-state index in [-0.39, 0.29) is 11.7 Å². The second kappa shape index (κ2) is 5.48. The van der Waals surface area contributed by atoms with E-state index in [1.54, 1.807) is 29.8 Å². The number of hydrogen-bond donors (Lipinski definition) is 1. The van der Waals surface area contributed by atoms with Gasteiger partial charge in [-0.15, -0.1) is 11.3 Å². The third-order valence-electron chi connectivity index (χ3n) is 2.92. The summed E-state index contributed by atoms with van der Waals surface area (Å²) in [5.74, 6) is -0.476. The zero-order valence-corrected chi connectivity index (χ0v) is 11.6. The molecule has 1 aromatic heterocycles. The molecule has 2 aromatic rings. The van der Waals surface area contributed by atoms with E-state index < -0.39 is 5.41 Å². The lowest BCUT2D eigenvalue weighted by molar-refractivity contribution is 0.0945. The fourth-order valence-electron chi connectivity index (χ4n) is 1.82. The molecular weight excluding hydrogens is 263 g/mol. The van der Waals surface area contributed by atoms with Gasteiger partial charge in [-0.25, -0.2) is 9.37 Å². The number of rotatable bonds is 4. The molecule has 0 aliphatic heterocycles. The fourth-order valence-corrected chi connectivity index (χ4v) is 2.37. The highest BCUT2D eigenvalue weighted by atomic mass is 32.1. The first-order chi connectivity index (χ1) is 9.00. The summed E-state index contributed by atoms with van der Waals surface area (Å²) in [6.45, 7) is 4.15. The lowest BCUT2D eigenvalue weighted by Gasteiger charge is -2.25. The van der Waals surface area contributed by atoms with Gasteiger partial charge in [-0.1, -0.05) is 32.0 Å². The lowest BCUT2D eigenvalue weighted by atomic mass is 9.84. The Bertz CT molecular complexity index is 567. The predicted molar refractivity (Wildman–Crippen MR) is 73.9 cm³/mol. The Morgan fingerprint density at radius 3 is 2.79 bits per heavy atom. The molecule has 0 spiro atoms. The number of aromatic nitrogens is 1. The molecule has 1 N–H and O–H groups in total. The molecule has 0 saturated heterocycles. The van der Waals surface area contributed by atoms with Crippen LogP contribution in [-0.2, 0) is 5.41 Å². The fraction of sp³-hybridized carbons (Fsp3) is 0.286. The van der Waals surface area contributed by atoms with Crippen molar-refractivity contribution in [1.29, 1.82) is 0 Å². The number of amides is 1. The van der Waals surface area contributed by atoms with Crippen molar-refractivity contribution < 1.29 is 9.18 Å². The first-order valence-electron chi connectivity index (χ1n) is 5.93. The van der Waals surface area contributed by atoms with Crippen molar-refractivity contribution in [2.24, 2.45) is 0 Å². The van der Waals surface area contributed by atoms with E-state index in [0.29, 0.717) is 17.1 Å². The first kappa shape index (κ1) is 13.7. The van der Waals surface area contributed by atoms with Gasteiger partial charge in [0.15, 0.2) is 5.01 Å². The summed E-state index contributed by atoms with van der Waals surface area (Å²) in [4.78, 5) is 15.8. The highest BCUT2D eigenvalue weighted by molar-refractivity contribution is 7.11. The Balaban J connectivity index is 2.06. The van der Waals surface area contributed by atoms with E-state index in [0.717, 1.165) is 0 Å². The third kappa shape index (κ3) is 3.17. The molecule has 0 aliphatic carbocycles. The molecular formula is C14H15FN2OS. The van der Waals surface area contributed by atoms with Crippen LogP contribution in [0.5, 0.6) is 0 Å². The van der Waals surface area contributed by atoms with Crippen LogP contribution in [0.4, 0.5) is 4.39 Å². The summed E-state index contributed by atoms with van der Waals surface area (Å²) in [7, 11) is 0. The summed E-state index contributed by atoms with van der Waals surface area (Å²) < 4.78 is 13.8. The van der Waals surface area contributed by atoms with E-state index in [1.807, 2.05) is 13.8 Å². The second-order valence-electron chi connectivity index (χ2n) is 4.88. The van der Waals surface area contributed by atoms with Crippen molar-refractivity contribution in [2.45, 2.75) is 19.3 Å². The molecule has 2 rings (SSSR count). The molecule has 0 atom stereocenters. The zero-order chi connectivity index (χ0) is 13.9. The summed E-state index contributed by atoms with van der Waals surface area (Å²) in [6.07, 6.45) is 1.58. The van der Waals surface area contributed by atoms with Gasteiger partial charge in [0.1, 0.15) is 5.82 Å². The van der Waals surface area contributed by atoms with Crippen molar-refractivity contribution in [3.8, 4) is 0 Å². The van der Waals surface area contributed by atoms with E-state index in [1.165, 1.54) is 17.4 Å². The SMILES string of the molecule is CC(C)(CNC(=O)c1nccs1)c1ccccc1F. The van der Waals surface area contributed by atoms with Crippen LogP contribution >= 0.6 is 11.3 Å². The van der Waals surface area contributed by atoms with Crippen LogP contribution in [0.25, 0.3) is 0 Å². The number of carbonyl (C=O) groups is 1. The molecule has 1 aromatic carbocycles. The first-order valence-corrected chi connectivity index (χ1v) is 6.81. The molecule has 0 radical (unpaired) electrons. The van der Waals surface area contributed by atoms with Gasteiger partial charge < -0.3 is 5.32 Å². The normalized spacial score (nSPS) is 11.3. The van der Waals surface area contributed by atoms with Crippen LogP contribution in [-0.4, -0.2) is 17.4 Å². The van der Waals surface area contributed by atoms with E-state index in [9.17, 15) is 9.18 Å². The Morgan fingerprint density at radius 2 is 2.16 bits per heavy atom. The van der Waals surface area contributed by atoms with Crippen LogP contribution in [0.1, 0.15) is 29.2 Å². The molecule has 0 bridgehead atoms. The van der Waals surface area contributed by atoms with E-state index >= 15 is 0 Å². The Morgan fingerprint density at radius 1 is 1.42 bits per heavy atom. The Hall–Kier alpha value is -1.75. The van der Waals surface area contributed by atoms with Crippen molar-refractivity contribution in [1.82, 2.24) is 10.3 Å². The average molecular weight is 278 g/mol. The van der Waals surface area contributed by atoms with Gasteiger partial charge in [0, 0.05) is 23.5 Å². The minimum atomic E-state index is -0.474.